The van der Waals surface area contributed by atoms with Gasteiger partial charge >= 0.3 is 0 Å². The van der Waals surface area contributed by atoms with E-state index in [2.05, 4.69) is 31.8 Å². The zero-order valence-corrected chi connectivity index (χ0v) is 15.5. The van der Waals surface area contributed by atoms with Crippen molar-refractivity contribution >= 4 is 51.9 Å². The second-order valence-corrected chi connectivity index (χ2v) is 8.82. The Bertz CT molecular complexity index is 864. The van der Waals surface area contributed by atoms with Crippen LogP contribution >= 0.6 is 34.7 Å². The van der Waals surface area contributed by atoms with Gasteiger partial charge in [0.15, 0.2) is 11.3 Å². The lowest BCUT2D eigenvalue weighted by molar-refractivity contribution is 0.362. The van der Waals surface area contributed by atoms with Crippen molar-refractivity contribution in [2.75, 3.05) is 18.0 Å². The molecule has 1 aliphatic rings. The number of aromatic nitrogens is 4. The molecular formula is C15H17ClN6S2. The zero-order valence-electron chi connectivity index (χ0n) is 13.1. The van der Waals surface area contributed by atoms with E-state index in [-0.39, 0.29) is 5.54 Å². The molecule has 1 fully saturated rings. The second-order valence-electron chi connectivity index (χ2n) is 6.24. The number of nitrogens with two attached hydrogens (primary N) is 1. The third-order valence-electron chi connectivity index (χ3n) is 4.18. The highest BCUT2D eigenvalue weighted by molar-refractivity contribution is 7.99. The van der Waals surface area contributed by atoms with Crippen molar-refractivity contribution in [2.45, 2.75) is 35.2 Å². The highest BCUT2D eigenvalue weighted by atomic mass is 35.5. The van der Waals surface area contributed by atoms with Crippen molar-refractivity contribution in [3.8, 4) is 0 Å². The van der Waals surface area contributed by atoms with Crippen molar-refractivity contribution in [2.24, 2.45) is 5.73 Å². The number of rotatable bonds is 3. The first-order chi connectivity index (χ1) is 11.5. The van der Waals surface area contributed by atoms with Crippen LogP contribution in [0.2, 0.25) is 4.34 Å². The van der Waals surface area contributed by atoms with Crippen LogP contribution in [0.15, 0.2) is 27.6 Å². The summed E-state index contributed by atoms with van der Waals surface area (Å²) < 4.78 is 0.769. The Morgan fingerprint density at radius 2 is 2.17 bits per heavy atom. The number of hydrogen-bond donors (Lipinski definition) is 2. The number of nitrogens with zero attached hydrogens (tertiary/aromatic N) is 4. The van der Waals surface area contributed by atoms with Crippen LogP contribution < -0.4 is 10.6 Å². The number of fused-ring (bicyclic) bond motifs is 1. The van der Waals surface area contributed by atoms with Crippen LogP contribution in [0.5, 0.6) is 0 Å². The molecule has 4 rings (SSSR count). The third-order valence-corrected chi connectivity index (χ3v) is 6.55. The molecule has 4 heterocycles. The van der Waals surface area contributed by atoms with Crippen molar-refractivity contribution in [1.29, 1.82) is 0 Å². The van der Waals surface area contributed by atoms with Crippen molar-refractivity contribution in [1.82, 2.24) is 19.9 Å². The molecular weight excluding hydrogens is 364 g/mol. The number of halogens is 1. The quantitative estimate of drug-likeness (QED) is 0.723. The highest BCUT2D eigenvalue weighted by Gasteiger charge is 2.27. The molecule has 6 nitrogen and oxygen atoms in total. The van der Waals surface area contributed by atoms with Gasteiger partial charge in [-0.3, -0.25) is 0 Å². The number of imidazole rings is 1. The summed E-state index contributed by atoms with van der Waals surface area (Å²) in [6.45, 7) is 3.88. The average Bonchev–Trinajstić information content (AvgIpc) is 3.13. The molecule has 1 saturated heterocycles. The van der Waals surface area contributed by atoms with E-state index in [1.54, 1.807) is 6.20 Å². The monoisotopic (exact) mass is 380 g/mol. The first-order valence-electron chi connectivity index (χ1n) is 7.68. The molecule has 0 spiro atoms. The van der Waals surface area contributed by atoms with Crippen molar-refractivity contribution in [3.05, 3.63) is 22.0 Å². The van der Waals surface area contributed by atoms with Gasteiger partial charge in [0, 0.05) is 23.5 Å². The standard InChI is InChI=1S/C15H17ClN6S2/c1-15(17)3-5-22(6-4-15)14-20-12-13(21-14)19-10(8-18-12)24-9-2-7-23-11(9)16/h2,7-8H,3-6,17H2,1H3,(H,18,19,20,21). The van der Waals surface area contributed by atoms with Gasteiger partial charge in [-0.2, -0.15) is 4.98 Å². The van der Waals surface area contributed by atoms with E-state index < -0.39 is 0 Å². The van der Waals surface area contributed by atoms with Gasteiger partial charge in [0.05, 0.1) is 6.20 Å². The average molecular weight is 381 g/mol. The highest BCUT2D eigenvalue weighted by Crippen LogP contribution is 2.36. The van der Waals surface area contributed by atoms with Crippen LogP contribution in [-0.2, 0) is 0 Å². The minimum atomic E-state index is -0.0807. The fraction of sp³-hybridized carbons (Fsp3) is 0.400. The van der Waals surface area contributed by atoms with Crippen molar-refractivity contribution in [3.63, 3.8) is 0 Å². The van der Waals surface area contributed by atoms with Gasteiger partial charge in [-0.15, -0.1) is 11.3 Å². The Morgan fingerprint density at radius 3 is 2.88 bits per heavy atom. The first kappa shape index (κ1) is 16.1. The molecule has 0 amide bonds. The Hall–Kier alpha value is -1.35. The molecule has 0 aromatic carbocycles. The minimum absolute atomic E-state index is 0.0807. The Kier molecular flexibility index (Phi) is 4.16. The van der Waals surface area contributed by atoms with Crippen LogP contribution in [-0.4, -0.2) is 38.6 Å². The molecule has 0 radical (unpaired) electrons. The van der Waals surface area contributed by atoms with Gasteiger partial charge in [0.1, 0.15) is 9.36 Å². The SMILES string of the molecule is CC1(N)CCN(c2nc3ncc(Sc4ccsc4Cl)nc3[nH]2)CC1. The summed E-state index contributed by atoms with van der Waals surface area (Å²) in [6.07, 6.45) is 3.63. The number of thiophene rings is 1. The Labute approximate surface area is 152 Å². The van der Waals surface area contributed by atoms with E-state index in [0.717, 1.165) is 46.1 Å². The summed E-state index contributed by atoms with van der Waals surface area (Å²) in [5, 5.41) is 2.76. The lowest BCUT2D eigenvalue weighted by atomic mass is 9.91. The summed E-state index contributed by atoms with van der Waals surface area (Å²) in [4.78, 5) is 20.1. The molecule has 9 heteroatoms. The first-order valence-corrected chi connectivity index (χ1v) is 9.75. The van der Waals surface area contributed by atoms with Crippen LogP contribution in [0, 0.1) is 0 Å². The van der Waals surface area contributed by atoms with Crippen LogP contribution in [0.3, 0.4) is 0 Å². The minimum Gasteiger partial charge on any atom is -0.342 e. The topological polar surface area (TPSA) is 83.7 Å². The summed E-state index contributed by atoms with van der Waals surface area (Å²) >= 11 is 9.17. The predicted octanol–water partition coefficient (Wildman–Crippen LogP) is 3.54. The maximum absolute atomic E-state index is 6.19. The van der Waals surface area contributed by atoms with Crippen LogP contribution in [0.4, 0.5) is 5.95 Å². The lowest BCUT2D eigenvalue weighted by Gasteiger charge is -2.36. The molecule has 3 aromatic rings. The van der Waals surface area contributed by atoms with Crippen LogP contribution in [0.25, 0.3) is 11.3 Å². The fourth-order valence-electron chi connectivity index (χ4n) is 2.66. The van der Waals surface area contributed by atoms with Crippen LogP contribution in [0.1, 0.15) is 19.8 Å². The van der Waals surface area contributed by atoms with Gasteiger partial charge in [0.25, 0.3) is 0 Å². The molecule has 3 N–H and O–H groups in total. The molecule has 126 valence electrons. The Morgan fingerprint density at radius 1 is 1.38 bits per heavy atom. The maximum atomic E-state index is 6.19. The van der Waals surface area contributed by atoms with Gasteiger partial charge < -0.3 is 15.6 Å². The van der Waals surface area contributed by atoms with E-state index in [9.17, 15) is 0 Å². The predicted molar refractivity (Wildman–Crippen MR) is 99.2 cm³/mol. The van der Waals surface area contributed by atoms with Gasteiger partial charge in [0.2, 0.25) is 5.95 Å². The normalized spacial score (nSPS) is 17.5. The number of nitrogens with one attached hydrogen (secondary N) is 1. The summed E-state index contributed by atoms with van der Waals surface area (Å²) in [7, 11) is 0. The molecule has 3 aromatic heterocycles. The van der Waals surface area contributed by atoms with Gasteiger partial charge in [-0.25, -0.2) is 9.97 Å². The van der Waals surface area contributed by atoms with Crippen molar-refractivity contribution < 1.29 is 0 Å². The third kappa shape index (κ3) is 3.23. The number of anilines is 1. The zero-order chi connectivity index (χ0) is 16.7. The molecule has 0 unspecified atom stereocenters. The summed E-state index contributed by atoms with van der Waals surface area (Å²) in [5.41, 5.74) is 7.44. The Balaban J connectivity index is 1.56. The van der Waals surface area contributed by atoms with E-state index in [0.29, 0.717) is 11.3 Å². The molecule has 0 aliphatic carbocycles. The van der Waals surface area contributed by atoms with E-state index in [1.165, 1.54) is 23.1 Å². The van der Waals surface area contributed by atoms with E-state index in [1.807, 2.05) is 11.4 Å². The smallest absolute Gasteiger partial charge is 0.206 e. The van der Waals surface area contributed by atoms with Gasteiger partial charge in [-0.1, -0.05) is 23.4 Å². The molecule has 0 bridgehead atoms. The van der Waals surface area contributed by atoms with Gasteiger partial charge in [-0.05, 0) is 31.2 Å². The number of piperidine rings is 1. The summed E-state index contributed by atoms with van der Waals surface area (Å²) in [5.74, 6) is 0.816. The number of hydrogen-bond acceptors (Lipinski definition) is 7. The second kappa shape index (κ2) is 6.18. The van der Waals surface area contributed by atoms with E-state index in [4.69, 9.17) is 17.3 Å². The largest absolute Gasteiger partial charge is 0.342 e. The maximum Gasteiger partial charge on any atom is 0.206 e. The lowest BCUT2D eigenvalue weighted by Crippen LogP contribution is -2.48. The molecule has 1 aliphatic heterocycles. The number of aromatic amines is 1. The molecule has 24 heavy (non-hydrogen) atoms. The molecule has 0 saturated carbocycles. The van der Waals surface area contributed by atoms with E-state index >= 15 is 0 Å². The number of H-pyrrole nitrogens is 1. The molecule has 0 atom stereocenters. The summed E-state index contributed by atoms with van der Waals surface area (Å²) in [6, 6.07) is 1.99. The fourth-order valence-corrected chi connectivity index (χ4v) is 4.54.